The first-order valence-corrected chi connectivity index (χ1v) is 5.68. The zero-order valence-corrected chi connectivity index (χ0v) is 10.4. The molecule has 0 amide bonds. The summed E-state index contributed by atoms with van der Waals surface area (Å²) in [5.41, 5.74) is -1.62. The number of carboxylic acid groups (broad SMARTS) is 1. The van der Waals surface area contributed by atoms with Crippen LogP contribution in [0.15, 0.2) is 42.5 Å². The third-order valence-electron chi connectivity index (χ3n) is 2.84. The topological polar surface area (TPSA) is 124 Å². The van der Waals surface area contributed by atoms with Gasteiger partial charge in [0.25, 0.3) is 0 Å². The number of nitrogens with zero attached hydrogens (tertiary/aromatic N) is 2. The van der Waals surface area contributed by atoms with Crippen LogP contribution in [0.1, 0.15) is 10.4 Å². The lowest BCUT2D eigenvalue weighted by Gasteiger charge is -2.07. The summed E-state index contributed by atoms with van der Waals surface area (Å²) in [6.07, 6.45) is 0. The molecule has 0 spiro atoms. The van der Waals surface area contributed by atoms with Crippen molar-refractivity contribution >= 4 is 17.3 Å². The number of para-hydroxylation sites is 1. The number of nitro benzene ring substituents is 2. The fraction of sp³-hybridized carbons (Fsp3) is 0. The van der Waals surface area contributed by atoms with Gasteiger partial charge in [-0.25, -0.2) is 4.79 Å². The molecule has 0 aliphatic rings. The largest absolute Gasteiger partial charge is 0.478 e. The van der Waals surface area contributed by atoms with Gasteiger partial charge in [-0.15, -0.1) is 0 Å². The molecule has 1 N–H and O–H groups in total. The maximum atomic E-state index is 11.2. The number of hydrogen-bond donors (Lipinski definition) is 1. The van der Waals surface area contributed by atoms with E-state index < -0.39 is 27.2 Å². The molecule has 0 unspecified atom stereocenters. The number of hydrogen-bond acceptors (Lipinski definition) is 5. The first-order valence-electron chi connectivity index (χ1n) is 5.68. The van der Waals surface area contributed by atoms with E-state index in [1.165, 1.54) is 36.4 Å². The van der Waals surface area contributed by atoms with Crippen LogP contribution in [0.5, 0.6) is 0 Å². The highest BCUT2D eigenvalue weighted by molar-refractivity contribution is 5.98. The minimum Gasteiger partial charge on any atom is -0.478 e. The summed E-state index contributed by atoms with van der Waals surface area (Å²) in [6, 6.07) is 9.19. The minimum atomic E-state index is -1.27. The molecule has 0 aromatic heterocycles. The summed E-state index contributed by atoms with van der Waals surface area (Å²) in [7, 11) is 0. The summed E-state index contributed by atoms with van der Waals surface area (Å²) in [6.45, 7) is 0. The van der Waals surface area contributed by atoms with Crippen molar-refractivity contribution in [2.24, 2.45) is 0 Å². The predicted octanol–water partition coefficient (Wildman–Crippen LogP) is 2.87. The van der Waals surface area contributed by atoms with Gasteiger partial charge >= 0.3 is 17.3 Å². The third kappa shape index (κ3) is 2.54. The molecule has 2 aromatic carbocycles. The zero-order chi connectivity index (χ0) is 15.6. The molecule has 0 aliphatic heterocycles. The van der Waals surface area contributed by atoms with Gasteiger partial charge in [0.2, 0.25) is 0 Å². The van der Waals surface area contributed by atoms with E-state index in [1.54, 1.807) is 0 Å². The average molecular weight is 288 g/mol. The van der Waals surface area contributed by atoms with Gasteiger partial charge in [-0.1, -0.05) is 24.3 Å². The van der Waals surface area contributed by atoms with Crippen LogP contribution in [-0.4, -0.2) is 20.9 Å². The number of carboxylic acids is 1. The highest BCUT2D eigenvalue weighted by Gasteiger charge is 2.30. The molecule has 0 saturated carbocycles. The average Bonchev–Trinajstić information content (AvgIpc) is 2.46. The second-order valence-electron chi connectivity index (χ2n) is 4.04. The molecule has 0 fully saturated rings. The van der Waals surface area contributed by atoms with Crippen LogP contribution in [0.3, 0.4) is 0 Å². The normalized spacial score (nSPS) is 10.1. The van der Waals surface area contributed by atoms with E-state index in [-0.39, 0.29) is 16.7 Å². The number of nitro groups is 2. The van der Waals surface area contributed by atoms with Crippen molar-refractivity contribution in [2.75, 3.05) is 0 Å². The van der Waals surface area contributed by atoms with Crippen molar-refractivity contribution in [2.45, 2.75) is 0 Å². The number of carbonyl (C=O) groups is 1. The molecule has 8 nitrogen and oxygen atoms in total. The summed E-state index contributed by atoms with van der Waals surface area (Å²) in [4.78, 5) is 31.5. The van der Waals surface area contributed by atoms with Gasteiger partial charge in [0.05, 0.1) is 21.0 Å². The molecular weight excluding hydrogens is 280 g/mol. The summed E-state index contributed by atoms with van der Waals surface area (Å²) >= 11 is 0. The van der Waals surface area contributed by atoms with E-state index >= 15 is 0 Å². The summed E-state index contributed by atoms with van der Waals surface area (Å²) < 4.78 is 0. The van der Waals surface area contributed by atoms with E-state index in [2.05, 4.69) is 0 Å². The Morgan fingerprint density at radius 1 is 0.905 bits per heavy atom. The smallest absolute Gasteiger partial charge is 0.353 e. The second kappa shape index (κ2) is 5.37. The van der Waals surface area contributed by atoms with Gasteiger partial charge in [-0.3, -0.25) is 20.2 Å². The Balaban J connectivity index is 2.82. The molecule has 106 valence electrons. The van der Waals surface area contributed by atoms with E-state index in [9.17, 15) is 25.0 Å². The molecule has 0 radical (unpaired) electrons. The van der Waals surface area contributed by atoms with Gasteiger partial charge in [0.1, 0.15) is 0 Å². The van der Waals surface area contributed by atoms with Crippen molar-refractivity contribution in [1.82, 2.24) is 0 Å². The van der Waals surface area contributed by atoms with Crippen molar-refractivity contribution in [3.8, 4) is 11.1 Å². The van der Waals surface area contributed by atoms with Crippen molar-refractivity contribution in [3.63, 3.8) is 0 Å². The fourth-order valence-electron chi connectivity index (χ4n) is 1.99. The molecule has 0 heterocycles. The molecule has 0 bridgehead atoms. The highest BCUT2D eigenvalue weighted by Crippen LogP contribution is 2.38. The van der Waals surface area contributed by atoms with E-state index in [1.807, 2.05) is 0 Å². The van der Waals surface area contributed by atoms with Crippen LogP contribution in [0.2, 0.25) is 0 Å². The molecule has 0 atom stereocenters. The molecule has 8 heteroatoms. The molecule has 0 saturated heterocycles. The number of aromatic carboxylic acids is 1. The number of benzene rings is 2. The van der Waals surface area contributed by atoms with E-state index in [0.717, 1.165) is 6.07 Å². The fourth-order valence-corrected chi connectivity index (χ4v) is 1.99. The SMILES string of the molecule is O=C(O)c1ccccc1-c1cccc([N+](=O)[O-])c1[N+](=O)[O-]. The Labute approximate surface area is 117 Å². The van der Waals surface area contributed by atoms with Gasteiger partial charge in [0, 0.05) is 11.6 Å². The number of rotatable bonds is 4. The molecule has 2 aromatic rings. The second-order valence-corrected chi connectivity index (χ2v) is 4.04. The Kier molecular flexibility index (Phi) is 3.61. The molecule has 2 rings (SSSR count). The first kappa shape index (κ1) is 14.1. The van der Waals surface area contributed by atoms with Crippen LogP contribution in [0.4, 0.5) is 11.4 Å². The maximum absolute atomic E-state index is 11.2. The lowest BCUT2D eigenvalue weighted by molar-refractivity contribution is -0.422. The molecule has 21 heavy (non-hydrogen) atoms. The predicted molar refractivity (Wildman–Crippen MR) is 72.1 cm³/mol. The van der Waals surface area contributed by atoms with Crippen LogP contribution in [-0.2, 0) is 0 Å². The Hall–Kier alpha value is -3.29. The Morgan fingerprint density at radius 3 is 2.10 bits per heavy atom. The van der Waals surface area contributed by atoms with Gasteiger partial charge in [-0.2, -0.15) is 0 Å². The quantitative estimate of drug-likeness (QED) is 0.681. The van der Waals surface area contributed by atoms with Crippen molar-refractivity contribution < 1.29 is 19.7 Å². The van der Waals surface area contributed by atoms with Crippen LogP contribution < -0.4 is 0 Å². The van der Waals surface area contributed by atoms with Gasteiger partial charge < -0.3 is 5.11 Å². The summed E-state index contributed by atoms with van der Waals surface area (Å²) in [5.74, 6) is -1.27. The van der Waals surface area contributed by atoms with Crippen molar-refractivity contribution in [1.29, 1.82) is 0 Å². The van der Waals surface area contributed by atoms with Crippen molar-refractivity contribution in [3.05, 3.63) is 68.3 Å². The van der Waals surface area contributed by atoms with E-state index in [4.69, 9.17) is 5.11 Å². The lowest BCUT2D eigenvalue weighted by atomic mass is 9.97. The molecule has 0 aliphatic carbocycles. The Morgan fingerprint density at radius 2 is 1.52 bits per heavy atom. The Bertz CT molecular complexity index is 756. The van der Waals surface area contributed by atoms with Gasteiger partial charge in [0.15, 0.2) is 0 Å². The monoisotopic (exact) mass is 288 g/mol. The van der Waals surface area contributed by atoms with E-state index in [0.29, 0.717) is 0 Å². The lowest BCUT2D eigenvalue weighted by Crippen LogP contribution is -2.03. The highest BCUT2D eigenvalue weighted by atomic mass is 16.6. The summed E-state index contributed by atoms with van der Waals surface area (Å²) in [5, 5.41) is 31.2. The zero-order valence-electron chi connectivity index (χ0n) is 10.4. The standard InChI is InChI=1S/C13H8N2O6/c16-13(17)10-5-2-1-4-8(10)9-6-3-7-11(14(18)19)12(9)15(20)21/h1-7H,(H,16,17). The maximum Gasteiger partial charge on any atom is 0.353 e. The van der Waals surface area contributed by atoms with Gasteiger partial charge in [-0.05, 0) is 12.1 Å². The third-order valence-corrected chi connectivity index (χ3v) is 2.84. The first-order chi connectivity index (χ1) is 9.93. The minimum absolute atomic E-state index is 0.0559. The van der Waals surface area contributed by atoms with Crippen LogP contribution in [0.25, 0.3) is 11.1 Å². The molecular formula is C13H8N2O6. The van der Waals surface area contributed by atoms with Crippen LogP contribution in [0, 0.1) is 20.2 Å². The van der Waals surface area contributed by atoms with Crippen LogP contribution >= 0.6 is 0 Å².